The topological polar surface area (TPSA) is 140 Å². The summed E-state index contributed by atoms with van der Waals surface area (Å²) < 4.78 is 27.2. The molecule has 1 saturated carbocycles. The molecule has 1 aromatic rings. The molecule has 3 fully saturated rings. The van der Waals surface area contributed by atoms with E-state index in [0.717, 1.165) is 12.8 Å². The van der Waals surface area contributed by atoms with Crippen LogP contribution in [0.5, 0.6) is 0 Å². The maximum Gasteiger partial charge on any atom is 0.325 e. The molecule has 3 aliphatic rings. The number of piperidine rings is 1. The van der Waals surface area contributed by atoms with Crippen molar-refractivity contribution >= 4 is 27.9 Å². The van der Waals surface area contributed by atoms with Gasteiger partial charge in [-0.3, -0.25) is 14.5 Å². The van der Waals surface area contributed by atoms with Gasteiger partial charge in [0.1, 0.15) is 11.6 Å². The Labute approximate surface area is 199 Å². The van der Waals surface area contributed by atoms with Crippen molar-refractivity contribution in [1.82, 2.24) is 19.8 Å². The zero-order valence-electron chi connectivity index (χ0n) is 19.0. The van der Waals surface area contributed by atoms with Crippen molar-refractivity contribution in [2.75, 3.05) is 26.2 Å². The van der Waals surface area contributed by atoms with Gasteiger partial charge in [-0.25, -0.2) is 13.2 Å². The molecule has 0 bridgehead atoms. The monoisotopic (exact) mass is 487 g/mol. The average molecular weight is 488 g/mol. The van der Waals surface area contributed by atoms with Gasteiger partial charge in [0.25, 0.3) is 5.91 Å². The summed E-state index contributed by atoms with van der Waals surface area (Å²) in [6.45, 7) is 0.980. The molecule has 1 aromatic carbocycles. The number of rotatable bonds is 7. The van der Waals surface area contributed by atoms with Gasteiger partial charge < -0.3 is 10.6 Å². The number of nitrogens with zero attached hydrogens (tertiary/aromatic N) is 3. The minimum absolute atomic E-state index is 0.0136. The Bertz CT molecular complexity index is 1110. The van der Waals surface area contributed by atoms with Crippen LogP contribution in [-0.2, 0) is 19.6 Å². The lowest BCUT2D eigenvalue weighted by Gasteiger charge is -2.30. The summed E-state index contributed by atoms with van der Waals surface area (Å²) in [6, 6.07) is 7.66. The molecule has 0 atom stereocenters. The number of hydrogen-bond donors (Lipinski definition) is 2. The van der Waals surface area contributed by atoms with Gasteiger partial charge in [0.2, 0.25) is 15.9 Å². The number of hydrogen-bond acceptors (Lipinski definition) is 6. The van der Waals surface area contributed by atoms with E-state index in [1.54, 1.807) is 12.1 Å². The van der Waals surface area contributed by atoms with E-state index >= 15 is 0 Å². The molecule has 34 heavy (non-hydrogen) atoms. The summed E-state index contributed by atoms with van der Waals surface area (Å²) in [5.74, 6) is -0.622. The van der Waals surface area contributed by atoms with Gasteiger partial charge in [-0.05, 0) is 44.2 Å². The Balaban J connectivity index is 1.23. The van der Waals surface area contributed by atoms with Crippen LogP contribution in [0, 0.1) is 17.2 Å². The number of sulfonamides is 1. The van der Waals surface area contributed by atoms with Gasteiger partial charge in [0.15, 0.2) is 0 Å². The van der Waals surface area contributed by atoms with Crippen LogP contribution in [0.25, 0.3) is 0 Å². The van der Waals surface area contributed by atoms with Crippen LogP contribution in [0.3, 0.4) is 0 Å². The average Bonchev–Trinajstić information content (AvgIpc) is 3.41. The summed E-state index contributed by atoms with van der Waals surface area (Å²) in [6.07, 6.45) is 4.45. The fourth-order valence-corrected chi connectivity index (χ4v) is 6.68. The third kappa shape index (κ3) is 4.52. The molecule has 2 N–H and O–H groups in total. The van der Waals surface area contributed by atoms with Crippen LogP contribution < -0.4 is 10.6 Å². The van der Waals surface area contributed by atoms with Crippen molar-refractivity contribution < 1.29 is 22.8 Å². The van der Waals surface area contributed by atoms with Crippen LogP contribution in [0.15, 0.2) is 29.2 Å². The Morgan fingerprint density at radius 1 is 1.18 bits per heavy atom. The van der Waals surface area contributed by atoms with Gasteiger partial charge in [0, 0.05) is 32.1 Å². The number of urea groups is 1. The highest BCUT2D eigenvalue weighted by Crippen LogP contribution is 2.35. The number of carbonyl (C=O) groups is 3. The first-order valence-corrected chi connectivity index (χ1v) is 13.1. The predicted octanol–water partition coefficient (Wildman–Crippen LogP) is 1.33. The highest BCUT2D eigenvalue weighted by Gasteiger charge is 2.52. The Hall–Kier alpha value is -2.97. The maximum atomic E-state index is 12.9. The quantitative estimate of drug-likeness (QED) is 0.439. The molecule has 10 nitrogen and oxygen atoms in total. The highest BCUT2D eigenvalue weighted by molar-refractivity contribution is 7.89. The second kappa shape index (κ2) is 9.72. The van der Waals surface area contributed by atoms with Crippen LogP contribution in [-0.4, -0.2) is 67.2 Å². The molecular formula is C23H29N5O5S. The zero-order chi connectivity index (χ0) is 24.3. The van der Waals surface area contributed by atoms with Crippen molar-refractivity contribution in [1.29, 1.82) is 5.26 Å². The second-order valence-corrected chi connectivity index (χ2v) is 11.0. The third-order valence-corrected chi connectivity index (χ3v) is 8.97. The highest BCUT2D eigenvalue weighted by atomic mass is 32.2. The summed E-state index contributed by atoms with van der Waals surface area (Å²) >= 11 is 0. The largest absolute Gasteiger partial charge is 0.356 e. The van der Waals surface area contributed by atoms with Crippen molar-refractivity contribution in [3.63, 3.8) is 0 Å². The smallest absolute Gasteiger partial charge is 0.325 e. The van der Waals surface area contributed by atoms with E-state index in [-0.39, 0.29) is 53.9 Å². The van der Waals surface area contributed by atoms with Crippen molar-refractivity contribution in [2.24, 2.45) is 5.92 Å². The van der Waals surface area contributed by atoms with Gasteiger partial charge in [-0.2, -0.15) is 9.57 Å². The molecule has 0 aromatic heterocycles. The number of amides is 4. The maximum absolute atomic E-state index is 12.9. The summed E-state index contributed by atoms with van der Waals surface area (Å²) in [5, 5.41) is 14.9. The van der Waals surface area contributed by atoms with Gasteiger partial charge in [-0.1, -0.05) is 25.0 Å². The SMILES string of the molecule is N#Cc1ccccc1S(=O)(=O)N1CCC(C(=O)NCCCN2C(=O)NC3(CCCC3)C2=O)CC1. The summed E-state index contributed by atoms with van der Waals surface area (Å²) in [5.41, 5.74) is -0.617. The van der Waals surface area contributed by atoms with E-state index in [0.29, 0.717) is 38.6 Å². The second-order valence-electron chi connectivity index (χ2n) is 9.11. The third-order valence-electron chi connectivity index (χ3n) is 7.01. The van der Waals surface area contributed by atoms with E-state index in [4.69, 9.17) is 0 Å². The molecule has 0 radical (unpaired) electrons. The molecule has 1 spiro atoms. The molecule has 4 rings (SSSR count). The van der Waals surface area contributed by atoms with Crippen LogP contribution in [0.4, 0.5) is 4.79 Å². The van der Waals surface area contributed by atoms with E-state index in [1.165, 1.54) is 21.3 Å². The molecule has 2 heterocycles. The fourth-order valence-electron chi connectivity index (χ4n) is 5.07. The molecular weight excluding hydrogens is 458 g/mol. The van der Waals surface area contributed by atoms with Crippen LogP contribution >= 0.6 is 0 Å². The van der Waals surface area contributed by atoms with E-state index < -0.39 is 15.6 Å². The number of carbonyl (C=O) groups excluding carboxylic acids is 3. The molecule has 182 valence electrons. The number of nitriles is 1. The lowest BCUT2D eigenvalue weighted by atomic mass is 9.97. The lowest BCUT2D eigenvalue weighted by Crippen LogP contribution is -2.44. The van der Waals surface area contributed by atoms with Crippen molar-refractivity contribution in [2.45, 2.75) is 55.4 Å². The van der Waals surface area contributed by atoms with E-state index in [1.807, 2.05) is 6.07 Å². The number of benzene rings is 1. The molecule has 1 aliphatic carbocycles. The fraction of sp³-hybridized carbons (Fsp3) is 0.565. The van der Waals surface area contributed by atoms with Gasteiger partial charge in [0.05, 0.1) is 10.5 Å². The summed E-state index contributed by atoms with van der Waals surface area (Å²) in [7, 11) is -3.80. The Kier molecular flexibility index (Phi) is 6.91. The Morgan fingerprint density at radius 3 is 2.53 bits per heavy atom. The first-order chi connectivity index (χ1) is 16.3. The van der Waals surface area contributed by atoms with Crippen molar-refractivity contribution in [3.8, 4) is 6.07 Å². The normalized spacial score (nSPS) is 21.0. The molecule has 2 saturated heterocycles. The predicted molar refractivity (Wildman–Crippen MR) is 122 cm³/mol. The molecule has 4 amide bonds. The van der Waals surface area contributed by atoms with Crippen LogP contribution in [0.1, 0.15) is 50.5 Å². The first-order valence-electron chi connectivity index (χ1n) is 11.7. The Morgan fingerprint density at radius 2 is 1.85 bits per heavy atom. The lowest BCUT2D eigenvalue weighted by molar-refractivity contribution is -0.131. The molecule has 2 aliphatic heterocycles. The van der Waals surface area contributed by atoms with E-state index in [2.05, 4.69) is 10.6 Å². The van der Waals surface area contributed by atoms with E-state index in [9.17, 15) is 28.1 Å². The molecule has 0 unspecified atom stereocenters. The summed E-state index contributed by atoms with van der Waals surface area (Å²) in [4.78, 5) is 38.7. The zero-order valence-corrected chi connectivity index (χ0v) is 19.8. The minimum Gasteiger partial charge on any atom is -0.356 e. The number of imide groups is 1. The number of nitrogens with one attached hydrogen (secondary N) is 2. The standard InChI is InChI=1S/C23H29N5O5S/c24-16-18-6-1-2-7-19(18)34(32,33)27-14-8-17(9-15-27)20(29)25-12-5-13-28-21(30)23(26-22(28)31)10-3-4-11-23/h1-2,6-7,17H,3-5,8-15H2,(H,25,29)(H,26,31). The minimum atomic E-state index is -3.80. The molecule has 11 heteroatoms. The van der Waals surface area contributed by atoms with Crippen molar-refractivity contribution in [3.05, 3.63) is 29.8 Å². The first kappa shape index (κ1) is 24.2. The van der Waals surface area contributed by atoms with Gasteiger partial charge in [-0.15, -0.1) is 0 Å². The van der Waals surface area contributed by atoms with Crippen LogP contribution in [0.2, 0.25) is 0 Å². The van der Waals surface area contributed by atoms with Gasteiger partial charge >= 0.3 is 6.03 Å².